The molecule has 1 aromatic heterocycles. The van der Waals surface area contributed by atoms with E-state index in [9.17, 15) is 4.39 Å². The first kappa shape index (κ1) is 9.19. The van der Waals surface area contributed by atoms with Gasteiger partial charge in [0, 0.05) is 18.5 Å². The number of hydrogen-bond donors (Lipinski definition) is 1. The topological polar surface area (TPSA) is 52.0 Å². The Hall–Kier alpha value is -0.900. The molecule has 0 amide bonds. The molecule has 3 nitrogen and oxygen atoms in total. The van der Waals surface area contributed by atoms with E-state index in [1.165, 1.54) is 0 Å². The van der Waals surface area contributed by atoms with Crippen molar-refractivity contribution in [3.05, 3.63) is 17.0 Å². The smallest absolute Gasteiger partial charge is 0.137 e. The van der Waals surface area contributed by atoms with E-state index in [2.05, 4.69) is 5.16 Å². The van der Waals surface area contributed by atoms with Gasteiger partial charge in [-0.15, -0.1) is 0 Å². The van der Waals surface area contributed by atoms with Gasteiger partial charge in [0.25, 0.3) is 0 Å². The van der Waals surface area contributed by atoms with Crippen LogP contribution in [0.2, 0.25) is 0 Å². The average molecular weight is 172 g/mol. The lowest BCUT2D eigenvalue weighted by atomic mass is 10.1. The molecule has 0 saturated carbocycles. The number of halogens is 1. The van der Waals surface area contributed by atoms with Crippen molar-refractivity contribution in [1.29, 1.82) is 0 Å². The van der Waals surface area contributed by atoms with Gasteiger partial charge >= 0.3 is 0 Å². The van der Waals surface area contributed by atoms with Crippen LogP contribution in [0.1, 0.15) is 17.0 Å². The van der Waals surface area contributed by atoms with Crippen LogP contribution in [0.25, 0.3) is 0 Å². The van der Waals surface area contributed by atoms with E-state index in [1.807, 2.05) is 0 Å². The molecule has 1 rings (SSSR count). The van der Waals surface area contributed by atoms with Crippen LogP contribution in [0.4, 0.5) is 4.39 Å². The molecular formula is C8H13FN2O. The zero-order valence-corrected chi connectivity index (χ0v) is 7.30. The van der Waals surface area contributed by atoms with Gasteiger partial charge in [0.1, 0.15) is 11.9 Å². The Morgan fingerprint density at radius 3 is 2.67 bits per heavy atom. The fourth-order valence-electron chi connectivity index (χ4n) is 1.10. The molecule has 0 aliphatic carbocycles. The van der Waals surface area contributed by atoms with E-state index >= 15 is 0 Å². The van der Waals surface area contributed by atoms with Gasteiger partial charge in [0.2, 0.25) is 0 Å². The first-order chi connectivity index (χ1) is 5.65. The lowest BCUT2D eigenvalue weighted by Crippen LogP contribution is -2.18. The largest absolute Gasteiger partial charge is 0.361 e. The molecule has 1 heterocycles. The summed E-state index contributed by atoms with van der Waals surface area (Å²) in [6.07, 6.45) is -0.695. The number of alkyl halides is 1. The van der Waals surface area contributed by atoms with Crippen LogP contribution in [0.15, 0.2) is 4.52 Å². The number of hydrogen-bond acceptors (Lipinski definition) is 3. The molecule has 12 heavy (non-hydrogen) atoms. The first-order valence-electron chi connectivity index (χ1n) is 3.91. The standard InChI is InChI=1S/C8H13FN2O/c1-5-8(3-7(9)4-10)6(2)12-11-5/h7H,3-4,10H2,1-2H3/t7-/m0/s1. The van der Waals surface area contributed by atoms with Crippen LogP contribution >= 0.6 is 0 Å². The van der Waals surface area contributed by atoms with E-state index in [-0.39, 0.29) is 6.54 Å². The highest BCUT2D eigenvalue weighted by Gasteiger charge is 2.13. The summed E-state index contributed by atoms with van der Waals surface area (Å²) >= 11 is 0. The van der Waals surface area contributed by atoms with Crippen LogP contribution in [0, 0.1) is 13.8 Å². The van der Waals surface area contributed by atoms with Gasteiger partial charge in [0.15, 0.2) is 0 Å². The number of nitrogens with zero attached hydrogens (tertiary/aromatic N) is 1. The molecule has 0 fully saturated rings. The van der Waals surface area contributed by atoms with Crippen molar-refractivity contribution in [3.8, 4) is 0 Å². The minimum atomic E-state index is -0.998. The third-order valence-corrected chi connectivity index (χ3v) is 1.86. The van der Waals surface area contributed by atoms with E-state index in [0.29, 0.717) is 12.2 Å². The lowest BCUT2D eigenvalue weighted by Gasteiger charge is -2.03. The zero-order chi connectivity index (χ0) is 9.14. The SMILES string of the molecule is Cc1noc(C)c1C[C@H](F)CN. The highest BCUT2D eigenvalue weighted by atomic mass is 19.1. The van der Waals surface area contributed by atoms with Crippen molar-refractivity contribution >= 4 is 0 Å². The number of rotatable bonds is 3. The molecule has 1 atom stereocenters. The minimum Gasteiger partial charge on any atom is -0.361 e. The predicted molar refractivity (Wildman–Crippen MR) is 43.6 cm³/mol. The Balaban J connectivity index is 2.73. The molecular weight excluding hydrogens is 159 g/mol. The maximum Gasteiger partial charge on any atom is 0.137 e. The van der Waals surface area contributed by atoms with Gasteiger partial charge in [-0.05, 0) is 13.8 Å². The third-order valence-electron chi connectivity index (χ3n) is 1.86. The molecule has 0 spiro atoms. The third kappa shape index (κ3) is 1.82. The molecule has 0 radical (unpaired) electrons. The molecule has 68 valence electrons. The number of aryl methyl sites for hydroxylation is 2. The van der Waals surface area contributed by atoms with E-state index < -0.39 is 6.17 Å². The summed E-state index contributed by atoms with van der Waals surface area (Å²) in [6.45, 7) is 3.62. The van der Waals surface area contributed by atoms with Crippen molar-refractivity contribution in [2.75, 3.05) is 6.54 Å². The Morgan fingerprint density at radius 1 is 1.58 bits per heavy atom. The summed E-state index contributed by atoms with van der Waals surface area (Å²) < 4.78 is 17.7. The Kier molecular flexibility index (Phi) is 2.81. The molecule has 0 aromatic carbocycles. The quantitative estimate of drug-likeness (QED) is 0.743. The Morgan fingerprint density at radius 2 is 2.25 bits per heavy atom. The second kappa shape index (κ2) is 3.67. The summed E-state index contributed by atoms with van der Waals surface area (Å²) in [5, 5.41) is 3.72. The minimum absolute atomic E-state index is 0.0457. The lowest BCUT2D eigenvalue weighted by molar-refractivity contribution is 0.337. The monoisotopic (exact) mass is 172 g/mol. The van der Waals surface area contributed by atoms with Crippen molar-refractivity contribution in [2.24, 2.45) is 5.73 Å². The summed E-state index contributed by atoms with van der Waals surface area (Å²) in [6, 6.07) is 0. The summed E-state index contributed by atoms with van der Waals surface area (Å²) in [5.74, 6) is 0.684. The van der Waals surface area contributed by atoms with Crippen LogP contribution in [-0.4, -0.2) is 17.9 Å². The van der Waals surface area contributed by atoms with Crippen molar-refractivity contribution < 1.29 is 8.91 Å². The van der Waals surface area contributed by atoms with Gasteiger partial charge < -0.3 is 10.3 Å². The van der Waals surface area contributed by atoms with Crippen molar-refractivity contribution in [3.63, 3.8) is 0 Å². The van der Waals surface area contributed by atoms with E-state index in [4.69, 9.17) is 10.3 Å². The fraction of sp³-hybridized carbons (Fsp3) is 0.625. The van der Waals surface area contributed by atoms with Crippen LogP contribution in [-0.2, 0) is 6.42 Å². The van der Waals surface area contributed by atoms with E-state index in [1.54, 1.807) is 13.8 Å². The summed E-state index contributed by atoms with van der Waals surface area (Å²) in [4.78, 5) is 0. The molecule has 0 bridgehead atoms. The normalized spacial score (nSPS) is 13.3. The van der Waals surface area contributed by atoms with Crippen LogP contribution in [0.3, 0.4) is 0 Å². The Labute approximate surface area is 70.7 Å². The van der Waals surface area contributed by atoms with Crippen LogP contribution in [0.5, 0.6) is 0 Å². The second-order valence-corrected chi connectivity index (χ2v) is 2.84. The molecule has 0 saturated heterocycles. The van der Waals surface area contributed by atoms with Crippen LogP contribution < -0.4 is 5.73 Å². The molecule has 0 aliphatic rings. The molecule has 1 aromatic rings. The van der Waals surface area contributed by atoms with Gasteiger partial charge in [-0.2, -0.15) is 0 Å². The zero-order valence-electron chi connectivity index (χ0n) is 7.30. The second-order valence-electron chi connectivity index (χ2n) is 2.84. The number of aromatic nitrogens is 1. The summed E-state index contributed by atoms with van der Waals surface area (Å²) in [5.41, 5.74) is 6.76. The predicted octanol–water partition coefficient (Wildman–Crippen LogP) is 1.13. The Bertz CT molecular complexity index is 240. The van der Waals surface area contributed by atoms with Crippen molar-refractivity contribution in [2.45, 2.75) is 26.4 Å². The average Bonchev–Trinajstić information content (AvgIpc) is 2.35. The van der Waals surface area contributed by atoms with Gasteiger partial charge in [0.05, 0.1) is 5.69 Å². The van der Waals surface area contributed by atoms with Gasteiger partial charge in [-0.3, -0.25) is 0 Å². The number of nitrogens with two attached hydrogens (primary N) is 1. The highest BCUT2D eigenvalue weighted by Crippen LogP contribution is 2.15. The summed E-state index contributed by atoms with van der Waals surface area (Å²) in [7, 11) is 0. The van der Waals surface area contributed by atoms with Gasteiger partial charge in [-0.1, -0.05) is 5.16 Å². The van der Waals surface area contributed by atoms with E-state index in [0.717, 1.165) is 11.3 Å². The maximum absolute atomic E-state index is 12.9. The molecule has 2 N–H and O–H groups in total. The first-order valence-corrected chi connectivity index (χ1v) is 3.91. The molecule has 0 unspecified atom stereocenters. The fourth-order valence-corrected chi connectivity index (χ4v) is 1.10. The van der Waals surface area contributed by atoms with Gasteiger partial charge in [-0.25, -0.2) is 4.39 Å². The highest BCUT2D eigenvalue weighted by molar-refractivity contribution is 5.21. The molecule has 0 aliphatic heterocycles. The maximum atomic E-state index is 12.9. The molecule has 4 heteroatoms. The van der Waals surface area contributed by atoms with Crippen molar-refractivity contribution in [1.82, 2.24) is 5.16 Å².